The summed E-state index contributed by atoms with van der Waals surface area (Å²) >= 11 is 5.76. The Labute approximate surface area is 129 Å². The molecule has 1 fully saturated rings. The zero-order valence-electron chi connectivity index (χ0n) is 11.8. The van der Waals surface area contributed by atoms with E-state index in [1.165, 1.54) is 0 Å². The minimum absolute atomic E-state index is 0.0203. The SMILES string of the molecule is NC1CCC(C(=O)NCCNC(=O)c2ccc(Cl)cc2)C1. The Kier molecular flexibility index (Phi) is 5.59. The molecule has 2 unspecified atom stereocenters. The summed E-state index contributed by atoms with van der Waals surface area (Å²) in [6.45, 7) is 0.815. The molecule has 1 saturated carbocycles. The summed E-state index contributed by atoms with van der Waals surface area (Å²) in [6.07, 6.45) is 2.51. The normalized spacial score (nSPS) is 21.0. The fraction of sp³-hybridized carbons (Fsp3) is 0.467. The van der Waals surface area contributed by atoms with Crippen molar-refractivity contribution in [1.82, 2.24) is 10.6 Å². The Balaban J connectivity index is 1.66. The van der Waals surface area contributed by atoms with Crippen molar-refractivity contribution in [1.29, 1.82) is 0 Å². The number of carbonyl (C=O) groups excluding carboxylic acids is 2. The van der Waals surface area contributed by atoms with Gasteiger partial charge in [-0.15, -0.1) is 0 Å². The molecule has 1 aromatic rings. The largest absolute Gasteiger partial charge is 0.354 e. The number of nitrogens with one attached hydrogen (secondary N) is 2. The molecule has 0 spiro atoms. The lowest BCUT2D eigenvalue weighted by Gasteiger charge is -2.11. The average molecular weight is 310 g/mol. The predicted octanol–water partition coefficient (Wildman–Crippen LogP) is 1.31. The number of amides is 2. The van der Waals surface area contributed by atoms with E-state index in [1.807, 2.05) is 0 Å². The second kappa shape index (κ2) is 7.43. The van der Waals surface area contributed by atoms with Crippen molar-refractivity contribution in [2.24, 2.45) is 11.7 Å². The van der Waals surface area contributed by atoms with Gasteiger partial charge in [-0.05, 0) is 43.5 Å². The van der Waals surface area contributed by atoms with Crippen molar-refractivity contribution in [3.63, 3.8) is 0 Å². The zero-order chi connectivity index (χ0) is 15.2. The summed E-state index contributed by atoms with van der Waals surface area (Å²) in [5.41, 5.74) is 6.33. The van der Waals surface area contributed by atoms with Gasteiger partial charge in [0, 0.05) is 35.6 Å². The van der Waals surface area contributed by atoms with Crippen molar-refractivity contribution in [3.8, 4) is 0 Å². The van der Waals surface area contributed by atoms with Crippen LogP contribution >= 0.6 is 11.6 Å². The van der Waals surface area contributed by atoms with Gasteiger partial charge in [0.25, 0.3) is 5.91 Å². The van der Waals surface area contributed by atoms with E-state index >= 15 is 0 Å². The van der Waals surface area contributed by atoms with Crippen LogP contribution in [0.5, 0.6) is 0 Å². The second-order valence-corrected chi connectivity index (χ2v) is 5.76. The lowest BCUT2D eigenvalue weighted by atomic mass is 10.1. The van der Waals surface area contributed by atoms with Crippen LogP contribution in [-0.4, -0.2) is 30.9 Å². The molecule has 0 aliphatic heterocycles. The van der Waals surface area contributed by atoms with Crippen molar-refractivity contribution < 1.29 is 9.59 Å². The molecule has 5 nitrogen and oxygen atoms in total. The molecule has 0 radical (unpaired) electrons. The molecular formula is C15H20ClN3O2. The van der Waals surface area contributed by atoms with E-state index in [1.54, 1.807) is 24.3 Å². The maximum Gasteiger partial charge on any atom is 0.251 e. The first kappa shape index (κ1) is 15.8. The minimum atomic E-state index is -0.177. The fourth-order valence-electron chi connectivity index (χ4n) is 2.46. The molecule has 1 aliphatic carbocycles. The van der Waals surface area contributed by atoms with Crippen molar-refractivity contribution in [2.45, 2.75) is 25.3 Å². The zero-order valence-corrected chi connectivity index (χ0v) is 12.5. The molecule has 114 valence electrons. The van der Waals surface area contributed by atoms with Crippen LogP contribution in [-0.2, 0) is 4.79 Å². The van der Waals surface area contributed by atoms with Crippen LogP contribution < -0.4 is 16.4 Å². The smallest absolute Gasteiger partial charge is 0.251 e. The van der Waals surface area contributed by atoms with E-state index in [-0.39, 0.29) is 23.8 Å². The van der Waals surface area contributed by atoms with Gasteiger partial charge in [0.1, 0.15) is 0 Å². The summed E-state index contributed by atoms with van der Waals surface area (Å²) in [6, 6.07) is 6.81. The van der Waals surface area contributed by atoms with E-state index in [0.717, 1.165) is 19.3 Å². The highest BCUT2D eigenvalue weighted by Crippen LogP contribution is 2.23. The highest BCUT2D eigenvalue weighted by atomic mass is 35.5. The lowest BCUT2D eigenvalue weighted by molar-refractivity contribution is -0.124. The van der Waals surface area contributed by atoms with Gasteiger partial charge in [-0.3, -0.25) is 9.59 Å². The van der Waals surface area contributed by atoms with Crippen LogP contribution in [0.25, 0.3) is 0 Å². The topological polar surface area (TPSA) is 84.2 Å². The van der Waals surface area contributed by atoms with Crippen LogP contribution in [0.1, 0.15) is 29.6 Å². The predicted molar refractivity (Wildman–Crippen MR) is 82.1 cm³/mol. The third kappa shape index (κ3) is 4.72. The molecular weight excluding hydrogens is 290 g/mol. The maximum atomic E-state index is 11.8. The summed E-state index contributed by atoms with van der Waals surface area (Å²) in [5, 5.41) is 6.17. The molecule has 2 amide bonds. The molecule has 21 heavy (non-hydrogen) atoms. The fourth-order valence-corrected chi connectivity index (χ4v) is 2.59. The Hall–Kier alpha value is -1.59. The highest BCUT2D eigenvalue weighted by Gasteiger charge is 2.27. The first-order chi connectivity index (χ1) is 10.1. The van der Waals surface area contributed by atoms with Crippen LogP contribution in [0.2, 0.25) is 5.02 Å². The molecule has 1 aliphatic rings. The maximum absolute atomic E-state index is 11.8. The van der Waals surface area contributed by atoms with E-state index in [4.69, 9.17) is 17.3 Å². The number of nitrogens with two attached hydrogens (primary N) is 1. The number of benzene rings is 1. The molecule has 0 saturated heterocycles. The quantitative estimate of drug-likeness (QED) is 0.717. The third-order valence-electron chi connectivity index (χ3n) is 3.66. The molecule has 0 bridgehead atoms. The average Bonchev–Trinajstić information content (AvgIpc) is 2.90. The second-order valence-electron chi connectivity index (χ2n) is 5.32. The number of rotatable bonds is 5. The molecule has 2 rings (SSSR count). The Morgan fingerprint density at radius 1 is 1.14 bits per heavy atom. The van der Waals surface area contributed by atoms with E-state index < -0.39 is 0 Å². The summed E-state index contributed by atoms with van der Waals surface area (Å²) in [4.78, 5) is 23.7. The Morgan fingerprint density at radius 3 is 2.43 bits per heavy atom. The number of hydrogen-bond donors (Lipinski definition) is 3. The van der Waals surface area contributed by atoms with Gasteiger partial charge in [0.05, 0.1) is 0 Å². The standard InChI is InChI=1S/C15H20ClN3O2/c16-12-4-1-10(2-5-12)14(20)18-7-8-19-15(21)11-3-6-13(17)9-11/h1-2,4-5,11,13H,3,6-9,17H2,(H,18,20)(H,19,21). The van der Waals surface area contributed by atoms with Gasteiger partial charge >= 0.3 is 0 Å². The third-order valence-corrected chi connectivity index (χ3v) is 3.91. The summed E-state index contributed by atoms with van der Waals surface area (Å²) in [5.74, 6) is -0.125. The molecule has 6 heteroatoms. The van der Waals surface area contributed by atoms with Gasteiger partial charge in [-0.25, -0.2) is 0 Å². The highest BCUT2D eigenvalue weighted by molar-refractivity contribution is 6.30. The van der Waals surface area contributed by atoms with Crippen LogP contribution in [0.3, 0.4) is 0 Å². The Morgan fingerprint density at radius 2 is 1.81 bits per heavy atom. The van der Waals surface area contributed by atoms with Crippen LogP contribution in [0.15, 0.2) is 24.3 Å². The first-order valence-corrected chi connectivity index (χ1v) is 7.51. The van der Waals surface area contributed by atoms with Crippen LogP contribution in [0, 0.1) is 5.92 Å². The van der Waals surface area contributed by atoms with Crippen molar-refractivity contribution >= 4 is 23.4 Å². The first-order valence-electron chi connectivity index (χ1n) is 7.13. The monoisotopic (exact) mass is 309 g/mol. The number of carbonyl (C=O) groups is 2. The molecule has 0 aromatic heterocycles. The molecule has 1 aromatic carbocycles. The summed E-state index contributed by atoms with van der Waals surface area (Å²) in [7, 11) is 0. The van der Waals surface area contributed by atoms with Gasteiger partial charge in [-0.1, -0.05) is 11.6 Å². The van der Waals surface area contributed by atoms with Crippen molar-refractivity contribution in [2.75, 3.05) is 13.1 Å². The van der Waals surface area contributed by atoms with Crippen molar-refractivity contribution in [3.05, 3.63) is 34.9 Å². The Bertz CT molecular complexity index is 504. The van der Waals surface area contributed by atoms with E-state index in [0.29, 0.717) is 23.7 Å². The molecule has 0 heterocycles. The van der Waals surface area contributed by atoms with E-state index in [2.05, 4.69) is 10.6 Å². The minimum Gasteiger partial charge on any atom is -0.354 e. The number of halogens is 1. The molecule has 4 N–H and O–H groups in total. The summed E-state index contributed by atoms with van der Waals surface area (Å²) < 4.78 is 0. The van der Waals surface area contributed by atoms with Gasteiger partial charge in [-0.2, -0.15) is 0 Å². The number of hydrogen-bond acceptors (Lipinski definition) is 3. The van der Waals surface area contributed by atoms with Gasteiger partial charge < -0.3 is 16.4 Å². The molecule has 2 atom stereocenters. The van der Waals surface area contributed by atoms with E-state index in [9.17, 15) is 9.59 Å². The van der Waals surface area contributed by atoms with Gasteiger partial charge in [0.15, 0.2) is 0 Å². The lowest BCUT2D eigenvalue weighted by Crippen LogP contribution is -2.37. The van der Waals surface area contributed by atoms with Gasteiger partial charge in [0.2, 0.25) is 5.91 Å². The van der Waals surface area contributed by atoms with Crippen LogP contribution in [0.4, 0.5) is 0 Å².